The van der Waals surface area contributed by atoms with Crippen LogP contribution in [0, 0.1) is 5.92 Å². The summed E-state index contributed by atoms with van der Waals surface area (Å²) < 4.78 is 2.29. The second kappa shape index (κ2) is 5.10. The predicted octanol–water partition coefficient (Wildman–Crippen LogP) is 4.27. The van der Waals surface area contributed by atoms with Crippen LogP contribution in [0.1, 0.15) is 25.1 Å². The third-order valence-electron chi connectivity index (χ3n) is 3.58. The van der Waals surface area contributed by atoms with E-state index in [0.29, 0.717) is 5.88 Å². The van der Waals surface area contributed by atoms with Gasteiger partial charge in [-0.1, -0.05) is 30.5 Å². The van der Waals surface area contributed by atoms with Crippen LogP contribution in [-0.4, -0.2) is 15.4 Å². The summed E-state index contributed by atoms with van der Waals surface area (Å²) in [7, 11) is 0. The van der Waals surface area contributed by atoms with E-state index in [1.807, 2.05) is 12.1 Å². The second-order valence-electron chi connectivity index (χ2n) is 4.96. The molecule has 0 amide bonds. The zero-order valence-corrected chi connectivity index (χ0v) is 11.7. The Morgan fingerprint density at radius 1 is 1.33 bits per heavy atom. The first-order valence-electron chi connectivity index (χ1n) is 6.49. The van der Waals surface area contributed by atoms with Crippen molar-refractivity contribution in [2.24, 2.45) is 5.92 Å². The lowest BCUT2D eigenvalue weighted by Crippen LogP contribution is -2.05. The largest absolute Gasteiger partial charge is 0.328 e. The van der Waals surface area contributed by atoms with Crippen molar-refractivity contribution in [3.63, 3.8) is 0 Å². The van der Waals surface area contributed by atoms with Crippen LogP contribution in [0.3, 0.4) is 0 Å². The molecule has 0 unspecified atom stereocenters. The molecule has 3 rings (SSSR count). The first-order chi connectivity index (χ1) is 8.79. The smallest absolute Gasteiger partial charge is 0.111 e. The summed E-state index contributed by atoms with van der Waals surface area (Å²) in [5.41, 5.74) is 2.05. The molecular weight excluding hydrogens is 267 g/mol. The number of imidazole rings is 1. The first kappa shape index (κ1) is 12.3. The van der Waals surface area contributed by atoms with Crippen LogP contribution in [0.2, 0.25) is 5.02 Å². The normalized spacial score (nSPS) is 15.4. The maximum absolute atomic E-state index is 6.21. The Bertz CT molecular complexity index is 558. The van der Waals surface area contributed by atoms with Crippen LogP contribution in [0.4, 0.5) is 0 Å². The van der Waals surface area contributed by atoms with Gasteiger partial charge in [0.15, 0.2) is 0 Å². The van der Waals surface area contributed by atoms with Gasteiger partial charge >= 0.3 is 0 Å². The van der Waals surface area contributed by atoms with E-state index < -0.39 is 0 Å². The zero-order valence-electron chi connectivity index (χ0n) is 10.2. The van der Waals surface area contributed by atoms with E-state index in [1.54, 1.807) is 0 Å². The van der Waals surface area contributed by atoms with Crippen molar-refractivity contribution >= 4 is 34.2 Å². The van der Waals surface area contributed by atoms with Crippen LogP contribution >= 0.6 is 23.2 Å². The quantitative estimate of drug-likeness (QED) is 0.749. The number of nitrogens with zero attached hydrogens (tertiary/aromatic N) is 2. The standard InChI is InChI=1S/C14H16Cl2N2/c15-8-6-13-17-14-11(16)2-1-3-12(14)18(13)9-7-10-4-5-10/h1-3,10H,4-9H2. The monoisotopic (exact) mass is 282 g/mol. The molecule has 1 fully saturated rings. The number of rotatable bonds is 5. The summed E-state index contributed by atoms with van der Waals surface area (Å²) in [5, 5.41) is 0.730. The Hall–Kier alpha value is -0.730. The molecule has 1 heterocycles. The molecule has 0 aliphatic heterocycles. The van der Waals surface area contributed by atoms with Crippen LogP contribution in [0.5, 0.6) is 0 Å². The molecule has 0 bridgehead atoms. The van der Waals surface area contributed by atoms with Gasteiger partial charge in [-0.25, -0.2) is 4.98 Å². The molecule has 0 spiro atoms. The molecule has 0 atom stereocenters. The van der Waals surface area contributed by atoms with Gasteiger partial charge in [0, 0.05) is 18.8 Å². The molecule has 0 saturated heterocycles. The van der Waals surface area contributed by atoms with Crippen molar-refractivity contribution in [3.05, 3.63) is 29.0 Å². The molecule has 2 nitrogen and oxygen atoms in total. The van der Waals surface area contributed by atoms with E-state index in [-0.39, 0.29) is 0 Å². The van der Waals surface area contributed by atoms with E-state index in [9.17, 15) is 0 Å². The number of aryl methyl sites for hydroxylation is 2. The molecule has 0 N–H and O–H groups in total. The number of benzene rings is 1. The molecule has 1 aromatic heterocycles. The average Bonchev–Trinajstić information content (AvgIpc) is 3.11. The van der Waals surface area contributed by atoms with Crippen LogP contribution in [0.15, 0.2) is 18.2 Å². The maximum Gasteiger partial charge on any atom is 0.111 e. The molecule has 1 saturated carbocycles. The second-order valence-corrected chi connectivity index (χ2v) is 5.74. The highest BCUT2D eigenvalue weighted by molar-refractivity contribution is 6.34. The molecule has 2 aromatic rings. The minimum absolute atomic E-state index is 0.602. The van der Waals surface area contributed by atoms with Crippen molar-refractivity contribution in [1.82, 2.24) is 9.55 Å². The SMILES string of the molecule is ClCCc1nc2c(Cl)cccc2n1CCC1CC1. The summed E-state index contributed by atoms with van der Waals surface area (Å²) in [6.07, 6.45) is 4.82. The van der Waals surface area contributed by atoms with E-state index in [4.69, 9.17) is 23.2 Å². The number of halogens is 2. The lowest BCUT2D eigenvalue weighted by molar-refractivity contribution is 0.588. The van der Waals surface area contributed by atoms with Crippen molar-refractivity contribution in [2.45, 2.75) is 32.2 Å². The lowest BCUT2D eigenvalue weighted by Gasteiger charge is -2.07. The first-order valence-corrected chi connectivity index (χ1v) is 7.40. The number of aromatic nitrogens is 2. The molecule has 0 radical (unpaired) electrons. The number of hydrogen-bond acceptors (Lipinski definition) is 1. The van der Waals surface area contributed by atoms with Crippen LogP contribution < -0.4 is 0 Å². The van der Waals surface area contributed by atoms with Gasteiger partial charge in [0.1, 0.15) is 11.3 Å². The Balaban J connectivity index is 2.00. The van der Waals surface area contributed by atoms with Gasteiger partial charge in [-0.2, -0.15) is 0 Å². The third-order valence-corrected chi connectivity index (χ3v) is 4.08. The van der Waals surface area contributed by atoms with E-state index in [0.717, 1.165) is 40.8 Å². The van der Waals surface area contributed by atoms with Gasteiger partial charge in [0.2, 0.25) is 0 Å². The third kappa shape index (κ3) is 2.36. The Kier molecular flexibility index (Phi) is 3.49. The lowest BCUT2D eigenvalue weighted by atomic mass is 10.2. The van der Waals surface area contributed by atoms with Gasteiger partial charge < -0.3 is 4.57 Å². The highest BCUT2D eigenvalue weighted by atomic mass is 35.5. The topological polar surface area (TPSA) is 17.8 Å². The van der Waals surface area contributed by atoms with Gasteiger partial charge in [-0.15, -0.1) is 11.6 Å². The Morgan fingerprint density at radius 3 is 2.89 bits per heavy atom. The molecule has 1 aromatic carbocycles. The minimum Gasteiger partial charge on any atom is -0.328 e. The number of alkyl halides is 1. The minimum atomic E-state index is 0.602. The van der Waals surface area contributed by atoms with Crippen LogP contribution in [0.25, 0.3) is 11.0 Å². The Morgan fingerprint density at radius 2 is 2.17 bits per heavy atom. The Labute approximate surface area is 117 Å². The van der Waals surface area contributed by atoms with Gasteiger partial charge in [-0.05, 0) is 24.5 Å². The van der Waals surface area contributed by atoms with Crippen molar-refractivity contribution in [2.75, 3.05) is 5.88 Å². The number of para-hydroxylation sites is 1. The highest BCUT2D eigenvalue weighted by Crippen LogP contribution is 2.34. The predicted molar refractivity (Wildman–Crippen MR) is 76.5 cm³/mol. The summed E-state index contributed by atoms with van der Waals surface area (Å²) in [5.74, 6) is 2.59. The summed E-state index contributed by atoms with van der Waals surface area (Å²) in [4.78, 5) is 4.65. The summed E-state index contributed by atoms with van der Waals surface area (Å²) in [6, 6.07) is 5.98. The summed E-state index contributed by atoms with van der Waals surface area (Å²) >= 11 is 12.1. The van der Waals surface area contributed by atoms with Crippen molar-refractivity contribution in [1.29, 1.82) is 0 Å². The van der Waals surface area contributed by atoms with Gasteiger partial charge in [-0.3, -0.25) is 0 Å². The fourth-order valence-electron chi connectivity index (χ4n) is 2.40. The molecule has 1 aliphatic carbocycles. The van der Waals surface area contributed by atoms with E-state index in [2.05, 4.69) is 15.6 Å². The number of fused-ring (bicyclic) bond motifs is 1. The summed E-state index contributed by atoms with van der Waals surface area (Å²) in [6.45, 7) is 1.04. The maximum atomic E-state index is 6.21. The van der Waals surface area contributed by atoms with Gasteiger partial charge in [0.05, 0.1) is 10.5 Å². The fourth-order valence-corrected chi connectivity index (χ4v) is 2.78. The molecule has 18 heavy (non-hydrogen) atoms. The van der Waals surface area contributed by atoms with Crippen molar-refractivity contribution in [3.8, 4) is 0 Å². The van der Waals surface area contributed by atoms with Crippen LogP contribution in [-0.2, 0) is 13.0 Å². The molecule has 1 aliphatic rings. The molecular formula is C14H16Cl2N2. The van der Waals surface area contributed by atoms with Gasteiger partial charge in [0.25, 0.3) is 0 Å². The van der Waals surface area contributed by atoms with E-state index in [1.165, 1.54) is 19.3 Å². The highest BCUT2D eigenvalue weighted by Gasteiger charge is 2.22. The molecule has 96 valence electrons. The number of hydrogen-bond donors (Lipinski definition) is 0. The van der Waals surface area contributed by atoms with Crippen molar-refractivity contribution < 1.29 is 0 Å². The average molecular weight is 283 g/mol. The zero-order chi connectivity index (χ0) is 12.5. The van der Waals surface area contributed by atoms with E-state index >= 15 is 0 Å². The fraction of sp³-hybridized carbons (Fsp3) is 0.500. The molecule has 4 heteroatoms.